The number of carbonyl (C=O) groups is 2. The first-order valence-corrected chi connectivity index (χ1v) is 18.4. The lowest BCUT2D eigenvalue weighted by atomic mass is 9.69. The molecule has 4 aromatic carbocycles. The lowest BCUT2D eigenvalue weighted by molar-refractivity contribution is -0.120. The second kappa shape index (κ2) is 14.3. The van der Waals surface area contributed by atoms with Crippen molar-refractivity contribution in [1.29, 1.82) is 0 Å². The van der Waals surface area contributed by atoms with Gasteiger partial charge in [-0.05, 0) is 95.8 Å². The summed E-state index contributed by atoms with van der Waals surface area (Å²) in [5.74, 6) is 0.839. The van der Waals surface area contributed by atoms with Crippen molar-refractivity contribution in [2.24, 2.45) is 0 Å². The molecule has 50 heavy (non-hydrogen) atoms. The molecule has 3 saturated heterocycles. The first-order chi connectivity index (χ1) is 24.5. The number of rotatable bonds is 7. The monoisotopic (exact) mass is 669 g/mol. The third kappa shape index (κ3) is 6.87. The molecule has 3 heterocycles. The first-order valence-electron chi connectivity index (χ1n) is 18.4. The fraction of sp³-hybridized carbons (Fsp3) is 0.381. The number of hydrogen-bond acceptors (Lipinski definition) is 6. The normalized spacial score (nSPS) is 22.3. The van der Waals surface area contributed by atoms with Crippen LogP contribution in [0.5, 0.6) is 5.75 Å². The first kappa shape index (κ1) is 32.5. The second-order valence-corrected chi connectivity index (χ2v) is 14.5. The molecule has 2 N–H and O–H groups in total. The smallest absolute Gasteiger partial charge is 0.328 e. The highest BCUT2D eigenvalue weighted by Crippen LogP contribution is 2.47. The van der Waals surface area contributed by atoms with Crippen LogP contribution in [-0.2, 0) is 17.8 Å². The van der Waals surface area contributed by atoms with Crippen LogP contribution >= 0.6 is 0 Å². The number of carbonyl (C=O) groups excluding carboxylic acids is 2. The van der Waals surface area contributed by atoms with Gasteiger partial charge in [0.15, 0.2) is 0 Å². The molecule has 0 radical (unpaired) electrons. The number of nitrogens with one attached hydrogen (secondary N) is 1. The van der Waals surface area contributed by atoms with Gasteiger partial charge in [0.1, 0.15) is 5.75 Å². The highest BCUT2D eigenvalue weighted by atomic mass is 16.3. The van der Waals surface area contributed by atoms with Crippen LogP contribution in [0.2, 0.25) is 0 Å². The third-order valence-corrected chi connectivity index (χ3v) is 11.5. The van der Waals surface area contributed by atoms with Crippen molar-refractivity contribution >= 4 is 23.3 Å². The third-order valence-electron chi connectivity index (χ3n) is 11.5. The molecule has 3 fully saturated rings. The Hall–Kier alpha value is -4.66. The van der Waals surface area contributed by atoms with Gasteiger partial charge in [0, 0.05) is 82.1 Å². The van der Waals surface area contributed by atoms with Crippen molar-refractivity contribution in [2.45, 2.75) is 56.5 Å². The van der Waals surface area contributed by atoms with E-state index < -0.39 is 0 Å². The Balaban J connectivity index is 0.846. The lowest BCUT2D eigenvalue weighted by Crippen LogP contribution is -2.53. The zero-order valence-electron chi connectivity index (χ0n) is 28.7. The number of fused-ring (bicyclic) bond motifs is 1. The van der Waals surface area contributed by atoms with E-state index >= 15 is 0 Å². The number of aromatic hydroxyl groups is 1. The van der Waals surface area contributed by atoms with E-state index in [1.54, 1.807) is 4.90 Å². The summed E-state index contributed by atoms with van der Waals surface area (Å²) in [5.41, 5.74) is 8.76. The van der Waals surface area contributed by atoms with Gasteiger partial charge in [-0.25, -0.2) is 4.79 Å². The van der Waals surface area contributed by atoms with Crippen molar-refractivity contribution in [1.82, 2.24) is 15.1 Å². The van der Waals surface area contributed by atoms with E-state index in [0.717, 1.165) is 64.3 Å². The van der Waals surface area contributed by atoms with E-state index in [4.69, 9.17) is 0 Å². The topological polar surface area (TPSA) is 79.4 Å². The SMILES string of the molecule is O=C1CCN(c2ccc(CN3CCN(C4CCN(c5ccc([C@H]6c7ccc(O)cc7CC[C@H]6c6ccccc6)cc5)CC4)CC3)cc2)C(=O)N1. The van der Waals surface area contributed by atoms with Crippen molar-refractivity contribution in [3.63, 3.8) is 0 Å². The van der Waals surface area contributed by atoms with Gasteiger partial charge in [-0.15, -0.1) is 0 Å². The number of phenolic OH excluding ortho intramolecular Hbond substituents is 1. The van der Waals surface area contributed by atoms with E-state index in [-0.39, 0.29) is 17.9 Å². The number of hydrogen-bond donors (Lipinski definition) is 2. The minimum absolute atomic E-state index is 0.208. The number of imide groups is 1. The van der Waals surface area contributed by atoms with Crippen molar-refractivity contribution < 1.29 is 14.7 Å². The molecular weight excluding hydrogens is 622 g/mol. The van der Waals surface area contributed by atoms with Crippen molar-refractivity contribution in [2.75, 3.05) is 55.6 Å². The van der Waals surface area contributed by atoms with E-state index in [0.29, 0.717) is 30.7 Å². The molecule has 0 bridgehead atoms. The molecule has 258 valence electrons. The van der Waals surface area contributed by atoms with Crippen LogP contribution < -0.4 is 15.1 Å². The van der Waals surface area contributed by atoms with Gasteiger partial charge in [0.05, 0.1) is 0 Å². The standard InChI is InChI=1S/C42H47N5O3/c48-37-15-17-39-33(28-37)10-16-38(31-4-2-1-3-5-31)41(39)32-8-13-34(14-9-32)45-21-18-35(19-22-45)46-26-24-44(25-27-46)29-30-6-11-36(12-7-30)47-23-20-40(49)43-42(47)50/h1-9,11-15,17,28,35,38,41,48H,10,16,18-27,29H2,(H,43,49,50)/t38-,41+/m0/s1. The second-order valence-electron chi connectivity index (χ2n) is 14.5. The maximum Gasteiger partial charge on any atom is 0.328 e. The maximum absolute atomic E-state index is 12.2. The van der Waals surface area contributed by atoms with Crippen LogP contribution in [-0.4, -0.2) is 78.7 Å². The van der Waals surface area contributed by atoms with E-state index in [1.165, 1.54) is 46.3 Å². The molecule has 2 atom stereocenters. The zero-order valence-corrected chi connectivity index (χ0v) is 28.7. The number of piperidine rings is 1. The molecule has 0 spiro atoms. The molecule has 0 aromatic heterocycles. The van der Waals surface area contributed by atoms with Crippen LogP contribution in [0.15, 0.2) is 97.1 Å². The number of urea groups is 1. The Bertz CT molecular complexity index is 1800. The van der Waals surface area contributed by atoms with Gasteiger partial charge in [-0.2, -0.15) is 0 Å². The van der Waals surface area contributed by atoms with Crippen LogP contribution in [0.4, 0.5) is 16.2 Å². The van der Waals surface area contributed by atoms with E-state index in [2.05, 4.69) is 92.8 Å². The molecule has 8 rings (SSSR count). The summed E-state index contributed by atoms with van der Waals surface area (Å²) in [7, 11) is 0. The van der Waals surface area contributed by atoms with E-state index in [1.807, 2.05) is 24.3 Å². The maximum atomic E-state index is 12.2. The zero-order chi connectivity index (χ0) is 34.0. The number of aryl methyl sites for hydroxylation is 1. The summed E-state index contributed by atoms with van der Waals surface area (Å²) in [5, 5.41) is 12.6. The summed E-state index contributed by atoms with van der Waals surface area (Å²) < 4.78 is 0. The average molecular weight is 670 g/mol. The van der Waals surface area contributed by atoms with Gasteiger partial charge in [0.2, 0.25) is 5.91 Å². The number of amides is 3. The van der Waals surface area contributed by atoms with Crippen LogP contribution in [0.25, 0.3) is 0 Å². The molecular formula is C42H47N5O3. The molecule has 8 nitrogen and oxygen atoms in total. The van der Waals surface area contributed by atoms with Gasteiger partial charge in [-0.1, -0.05) is 60.7 Å². The summed E-state index contributed by atoms with van der Waals surface area (Å²) in [6.07, 6.45) is 4.78. The summed E-state index contributed by atoms with van der Waals surface area (Å²) in [6.45, 7) is 7.83. The highest BCUT2D eigenvalue weighted by Gasteiger charge is 2.33. The molecule has 8 heteroatoms. The summed E-state index contributed by atoms with van der Waals surface area (Å²) in [6, 6.07) is 34.8. The quantitative estimate of drug-likeness (QED) is 0.235. The van der Waals surface area contributed by atoms with Crippen LogP contribution in [0, 0.1) is 0 Å². The van der Waals surface area contributed by atoms with E-state index in [9.17, 15) is 14.7 Å². The molecule has 0 saturated carbocycles. The number of nitrogens with zero attached hydrogens (tertiary/aromatic N) is 4. The fourth-order valence-electron chi connectivity index (χ4n) is 8.80. The largest absolute Gasteiger partial charge is 0.508 e. The predicted octanol–water partition coefficient (Wildman–Crippen LogP) is 6.49. The molecule has 4 aromatic rings. The Kier molecular flexibility index (Phi) is 9.30. The Morgan fingerprint density at radius 1 is 0.680 bits per heavy atom. The molecule has 1 aliphatic carbocycles. The van der Waals surface area contributed by atoms with Crippen molar-refractivity contribution in [3.05, 3.63) is 125 Å². The summed E-state index contributed by atoms with van der Waals surface area (Å²) in [4.78, 5) is 33.1. The molecule has 3 amide bonds. The van der Waals surface area contributed by atoms with Gasteiger partial charge < -0.3 is 10.0 Å². The summed E-state index contributed by atoms with van der Waals surface area (Å²) >= 11 is 0. The number of piperazine rings is 1. The number of benzene rings is 4. The fourth-order valence-corrected chi connectivity index (χ4v) is 8.80. The number of phenols is 1. The van der Waals surface area contributed by atoms with Crippen molar-refractivity contribution in [3.8, 4) is 5.75 Å². The van der Waals surface area contributed by atoms with Crippen LogP contribution in [0.3, 0.4) is 0 Å². The van der Waals surface area contributed by atoms with Gasteiger partial charge in [-0.3, -0.25) is 24.8 Å². The van der Waals surface area contributed by atoms with Crippen LogP contribution in [0.1, 0.15) is 65.3 Å². The minimum Gasteiger partial charge on any atom is -0.508 e. The number of anilines is 2. The van der Waals surface area contributed by atoms with Gasteiger partial charge >= 0.3 is 6.03 Å². The highest BCUT2D eigenvalue weighted by molar-refractivity contribution is 6.05. The average Bonchev–Trinajstić information content (AvgIpc) is 3.16. The molecule has 0 unspecified atom stereocenters. The Morgan fingerprint density at radius 3 is 2.12 bits per heavy atom. The Labute approximate surface area is 295 Å². The lowest BCUT2D eigenvalue weighted by Gasteiger charge is -2.43. The molecule has 4 aliphatic rings. The minimum atomic E-state index is -0.338. The molecule has 3 aliphatic heterocycles. The predicted molar refractivity (Wildman–Crippen MR) is 198 cm³/mol. The van der Waals surface area contributed by atoms with Gasteiger partial charge in [0.25, 0.3) is 0 Å². The Morgan fingerprint density at radius 2 is 1.40 bits per heavy atom.